The summed E-state index contributed by atoms with van der Waals surface area (Å²) in [4.78, 5) is 1.12. The highest BCUT2D eigenvalue weighted by Crippen LogP contribution is 2.32. The fraction of sp³-hybridized carbons (Fsp3) is 0.385. The Kier molecular flexibility index (Phi) is 2.92. The van der Waals surface area contributed by atoms with Crippen LogP contribution in [0.3, 0.4) is 0 Å². The maximum Gasteiger partial charge on any atom is 0.153 e. The maximum atomic E-state index is 11.8. The zero-order valence-corrected chi connectivity index (χ0v) is 11.7. The summed E-state index contributed by atoms with van der Waals surface area (Å²) >= 11 is 1.68. The number of rotatable bonds is 1. The van der Waals surface area contributed by atoms with Gasteiger partial charge in [0.25, 0.3) is 0 Å². The fourth-order valence-corrected chi connectivity index (χ4v) is 5.49. The minimum atomic E-state index is -2.92. The maximum absolute atomic E-state index is 11.8. The van der Waals surface area contributed by atoms with E-state index < -0.39 is 9.84 Å². The van der Waals surface area contributed by atoms with Gasteiger partial charge in [-0.2, -0.15) is 0 Å². The summed E-state index contributed by atoms with van der Waals surface area (Å²) in [5.74, 6) is 0.457. The van der Waals surface area contributed by atoms with E-state index in [1.165, 1.54) is 10.1 Å². The van der Waals surface area contributed by atoms with E-state index in [1.54, 1.807) is 11.3 Å². The standard InChI is InChI=1S/C13H15NO2S2/c1-9-7-18(15,16)8-11(14-9)13-6-10-4-2-3-5-12(10)17-13/h2-6,9,11,14H,7-8H2,1H3. The Morgan fingerprint density at radius 2 is 2.06 bits per heavy atom. The van der Waals surface area contributed by atoms with Gasteiger partial charge in [-0.05, 0) is 24.4 Å². The van der Waals surface area contributed by atoms with Crippen molar-refractivity contribution in [3.63, 3.8) is 0 Å². The van der Waals surface area contributed by atoms with E-state index in [1.807, 2.05) is 19.1 Å². The van der Waals surface area contributed by atoms with Gasteiger partial charge in [0.15, 0.2) is 9.84 Å². The molecule has 0 radical (unpaired) electrons. The van der Waals surface area contributed by atoms with E-state index in [0.717, 1.165) is 4.88 Å². The summed E-state index contributed by atoms with van der Waals surface area (Å²) < 4.78 is 24.9. The van der Waals surface area contributed by atoms with E-state index in [9.17, 15) is 8.42 Å². The molecule has 0 aliphatic carbocycles. The second-order valence-corrected chi connectivity index (χ2v) is 8.15. The molecule has 1 aromatic heterocycles. The number of fused-ring (bicyclic) bond motifs is 1. The van der Waals surface area contributed by atoms with Gasteiger partial charge in [0.05, 0.1) is 17.5 Å². The molecule has 1 fully saturated rings. The van der Waals surface area contributed by atoms with Gasteiger partial charge in [0.2, 0.25) is 0 Å². The first-order valence-electron chi connectivity index (χ1n) is 5.98. The molecule has 18 heavy (non-hydrogen) atoms. The van der Waals surface area contributed by atoms with Crippen molar-refractivity contribution in [3.05, 3.63) is 35.2 Å². The summed E-state index contributed by atoms with van der Waals surface area (Å²) in [5, 5.41) is 4.57. The molecule has 96 valence electrons. The molecule has 2 unspecified atom stereocenters. The van der Waals surface area contributed by atoms with Crippen molar-refractivity contribution >= 4 is 31.3 Å². The largest absolute Gasteiger partial charge is 0.305 e. The van der Waals surface area contributed by atoms with E-state index >= 15 is 0 Å². The Morgan fingerprint density at radius 1 is 1.28 bits per heavy atom. The van der Waals surface area contributed by atoms with Crippen LogP contribution in [0.2, 0.25) is 0 Å². The number of benzene rings is 1. The molecule has 2 atom stereocenters. The Balaban J connectivity index is 1.99. The number of nitrogens with one attached hydrogen (secondary N) is 1. The fourth-order valence-electron chi connectivity index (χ4n) is 2.48. The lowest BCUT2D eigenvalue weighted by Gasteiger charge is -2.27. The van der Waals surface area contributed by atoms with Gasteiger partial charge in [-0.15, -0.1) is 11.3 Å². The smallest absolute Gasteiger partial charge is 0.153 e. The minimum Gasteiger partial charge on any atom is -0.305 e. The first-order chi connectivity index (χ1) is 8.53. The molecule has 1 saturated heterocycles. The van der Waals surface area contributed by atoms with Crippen LogP contribution in [-0.4, -0.2) is 26.0 Å². The lowest BCUT2D eigenvalue weighted by atomic mass is 10.2. The zero-order valence-electron chi connectivity index (χ0n) is 10.1. The van der Waals surface area contributed by atoms with Crippen LogP contribution in [0.1, 0.15) is 17.8 Å². The molecule has 1 N–H and O–H groups in total. The SMILES string of the molecule is CC1CS(=O)(=O)CC(c2cc3ccccc3s2)N1. The summed E-state index contributed by atoms with van der Waals surface area (Å²) in [5.41, 5.74) is 0. The van der Waals surface area contributed by atoms with E-state index in [2.05, 4.69) is 23.5 Å². The van der Waals surface area contributed by atoms with Crippen molar-refractivity contribution in [1.82, 2.24) is 5.32 Å². The molecule has 0 amide bonds. The molecule has 3 rings (SSSR count). The molecule has 3 nitrogen and oxygen atoms in total. The second kappa shape index (κ2) is 4.33. The third-order valence-electron chi connectivity index (χ3n) is 3.20. The Labute approximate surface area is 111 Å². The van der Waals surface area contributed by atoms with Gasteiger partial charge in [0, 0.05) is 15.6 Å². The first kappa shape index (κ1) is 12.1. The quantitative estimate of drug-likeness (QED) is 0.873. The van der Waals surface area contributed by atoms with Gasteiger partial charge < -0.3 is 5.32 Å². The average Bonchev–Trinajstić information content (AvgIpc) is 2.69. The molecule has 2 aromatic rings. The summed E-state index contributed by atoms with van der Waals surface area (Å²) in [6, 6.07) is 10.2. The van der Waals surface area contributed by atoms with Crippen molar-refractivity contribution in [2.75, 3.05) is 11.5 Å². The lowest BCUT2D eigenvalue weighted by Crippen LogP contribution is -2.45. The number of sulfone groups is 1. The van der Waals surface area contributed by atoms with Crippen molar-refractivity contribution < 1.29 is 8.42 Å². The second-order valence-electron chi connectivity index (χ2n) is 4.88. The molecule has 0 spiro atoms. The molecular formula is C13H15NO2S2. The van der Waals surface area contributed by atoms with Gasteiger partial charge in [-0.1, -0.05) is 18.2 Å². The summed E-state index contributed by atoms with van der Waals surface area (Å²) in [7, 11) is -2.92. The normalized spacial score (nSPS) is 27.4. The Hall–Kier alpha value is -0.910. The van der Waals surface area contributed by atoms with Crippen molar-refractivity contribution in [2.24, 2.45) is 0 Å². The monoisotopic (exact) mass is 281 g/mol. The third-order valence-corrected chi connectivity index (χ3v) is 6.28. The Bertz CT molecular complexity index is 642. The predicted molar refractivity (Wildman–Crippen MR) is 75.8 cm³/mol. The van der Waals surface area contributed by atoms with Gasteiger partial charge in [0.1, 0.15) is 0 Å². The molecule has 1 aliphatic heterocycles. The highest BCUT2D eigenvalue weighted by atomic mass is 32.2. The average molecular weight is 281 g/mol. The molecular weight excluding hydrogens is 266 g/mol. The van der Waals surface area contributed by atoms with Gasteiger partial charge >= 0.3 is 0 Å². The van der Waals surface area contributed by atoms with Crippen molar-refractivity contribution in [1.29, 1.82) is 0 Å². The predicted octanol–water partition coefficient (Wildman–Crippen LogP) is 2.35. The van der Waals surface area contributed by atoms with Crippen LogP contribution < -0.4 is 5.32 Å². The third kappa shape index (κ3) is 2.30. The molecule has 1 aliphatic rings. The number of thiophene rings is 1. The first-order valence-corrected chi connectivity index (χ1v) is 8.62. The molecule has 1 aromatic carbocycles. The lowest BCUT2D eigenvalue weighted by molar-refractivity contribution is 0.473. The molecule has 5 heteroatoms. The summed E-state index contributed by atoms with van der Waals surface area (Å²) in [6.07, 6.45) is 0. The van der Waals surface area contributed by atoms with Crippen LogP contribution in [-0.2, 0) is 9.84 Å². The van der Waals surface area contributed by atoms with Crippen LogP contribution in [0.25, 0.3) is 10.1 Å². The number of hydrogen-bond acceptors (Lipinski definition) is 4. The molecule has 2 heterocycles. The summed E-state index contributed by atoms with van der Waals surface area (Å²) in [6.45, 7) is 1.93. The van der Waals surface area contributed by atoms with Crippen LogP contribution in [0, 0.1) is 0 Å². The van der Waals surface area contributed by atoms with E-state index in [-0.39, 0.29) is 23.6 Å². The van der Waals surface area contributed by atoms with E-state index in [0.29, 0.717) is 0 Å². The van der Waals surface area contributed by atoms with Crippen LogP contribution in [0.4, 0.5) is 0 Å². The van der Waals surface area contributed by atoms with E-state index in [4.69, 9.17) is 0 Å². The molecule has 0 bridgehead atoms. The topological polar surface area (TPSA) is 46.2 Å². The highest BCUT2D eigenvalue weighted by Gasteiger charge is 2.30. The zero-order chi connectivity index (χ0) is 12.8. The van der Waals surface area contributed by atoms with Crippen LogP contribution >= 0.6 is 11.3 Å². The van der Waals surface area contributed by atoms with Gasteiger partial charge in [-0.25, -0.2) is 8.42 Å². The van der Waals surface area contributed by atoms with Crippen molar-refractivity contribution in [2.45, 2.75) is 19.0 Å². The molecule has 0 saturated carbocycles. The van der Waals surface area contributed by atoms with Gasteiger partial charge in [-0.3, -0.25) is 0 Å². The Morgan fingerprint density at radius 3 is 2.78 bits per heavy atom. The highest BCUT2D eigenvalue weighted by molar-refractivity contribution is 7.91. The van der Waals surface area contributed by atoms with Crippen molar-refractivity contribution in [3.8, 4) is 0 Å². The number of hydrogen-bond donors (Lipinski definition) is 1. The minimum absolute atomic E-state index is 0.0268. The van der Waals surface area contributed by atoms with Crippen LogP contribution in [0.15, 0.2) is 30.3 Å². The van der Waals surface area contributed by atoms with Crippen LogP contribution in [0.5, 0.6) is 0 Å².